The summed E-state index contributed by atoms with van der Waals surface area (Å²) >= 11 is 3.41. The van der Waals surface area contributed by atoms with Crippen molar-refractivity contribution in [3.8, 4) is 5.75 Å². The first kappa shape index (κ1) is 23.1. The minimum Gasteiger partial charge on any atom is -0.507 e. The molecule has 1 aliphatic rings. The molecule has 0 aromatic heterocycles. The van der Waals surface area contributed by atoms with Crippen LogP contribution in [0.25, 0.3) is 5.76 Å². The van der Waals surface area contributed by atoms with E-state index in [1.54, 1.807) is 30.2 Å². The number of hydrogen-bond acceptors (Lipinski definition) is 4. The minimum absolute atomic E-state index is 0.0148. The molecule has 0 spiro atoms. The van der Waals surface area contributed by atoms with Gasteiger partial charge in [-0.2, -0.15) is 0 Å². The van der Waals surface area contributed by atoms with Gasteiger partial charge in [0.2, 0.25) is 0 Å². The molecule has 6 heteroatoms. The highest BCUT2D eigenvalue weighted by Crippen LogP contribution is 2.40. The molecule has 31 heavy (non-hydrogen) atoms. The number of methoxy groups -OCH3 is 1. The second kappa shape index (κ2) is 8.87. The summed E-state index contributed by atoms with van der Waals surface area (Å²) in [5.74, 6) is -0.828. The zero-order valence-corrected chi connectivity index (χ0v) is 20.1. The maximum Gasteiger partial charge on any atom is 0.295 e. The Labute approximate surface area is 191 Å². The highest BCUT2D eigenvalue weighted by Gasteiger charge is 2.45. The van der Waals surface area contributed by atoms with E-state index in [9.17, 15) is 14.7 Å². The van der Waals surface area contributed by atoms with Crippen LogP contribution < -0.4 is 4.74 Å². The van der Waals surface area contributed by atoms with E-state index in [0.29, 0.717) is 28.8 Å². The van der Waals surface area contributed by atoms with E-state index in [4.69, 9.17) is 4.74 Å². The molecule has 1 atom stereocenters. The first-order valence-electron chi connectivity index (χ1n) is 10.3. The quantitative estimate of drug-likeness (QED) is 0.340. The molecule has 1 heterocycles. The highest BCUT2D eigenvalue weighted by molar-refractivity contribution is 9.10. The number of halogens is 1. The fourth-order valence-electron chi connectivity index (χ4n) is 3.83. The third-order valence-electron chi connectivity index (χ3n) is 5.52. The standard InChI is InChI=1S/C25H28BrNO4/c1-6-13-27-21(15-7-10-17(11-8-15)25(2,3)4)20(23(29)24(27)30)22(28)16-9-12-19(31-5)18(26)14-16/h7-12,14,21,28H,6,13H2,1-5H3/b22-20-. The van der Waals surface area contributed by atoms with Crippen molar-refractivity contribution in [3.63, 3.8) is 0 Å². The van der Waals surface area contributed by atoms with Gasteiger partial charge in [-0.3, -0.25) is 9.59 Å². The lowest BCUT2D eigenvalue weighted by Crippen LogP contribution is -2.30. The van der Waals surface area contributed by atoms with Crippen LogP contribution in [0.4, 0.5) is 0 Å². The van der Waals surface area contributed by atoms with Gasteiger partial charge in [0.1, 0.15) is 11.5 Å². The van der Waals surface area contributed by atoms with E-state index in [0.717, 1.165) is 11.1 Å². The maximum atomic E-state index is 13.0. The highest BCUT2D eigenvalue weighted by atomic mass is 79.9. The van der Waals surface area contributed by atoms with Crippen LogP contribution in [0.1, 0.15) is 56.8 Å². The number of likely N-dealkylation sites (tertiary alicyclic amines) is 1. The number of hydrogen-bond donors (Lipinski definition) is 1. The Morgan fingerprint density at radius 2 is 1.77 bits per heavy atom. The van der Waals surface area contributed by atoms with Crippen molar-refractivity contribution in [3.05, 3.63) is 69.2 Å². The van der Waals surface area contributed by atoms with E-state index < -0.39 is 17.7 Å². The van der Waals surface area contributed by atoms with Gasteiger partial charge in [0.05, 0.1) is 23.2 Å². The van der Waals surface area contributed by atoms with E-state index >= 15 is 0 Å². The van der Waals surface area contributed by atoms with Gasteiger partial charge in [-0.15, -0.1) is 0 Å². The molecule has 1 saturated heterocycles. The molecular formula is C25H28BrNO4. The molecule has 0 aliphatic carbocycles. The number of carbonyl (C=O) groups excluding carboxylic acids is 2. The van der Waals surface area contributed by atoms with Gasteiger partial charge in [-0.1, -0.05) is 52.0 Å². The molecule has 1 aliphatic heterocycles. The average Bonchev–Trinajstić information content (AvgIpc) is 2.98. The number of rotatable bonds is 5. The first-order chi connectivity index (χ1) is 14.6. The van der Waals surface area contributed by atoms with Gasteiger partial charge < -0.3 is 14.7 Å². The summed E-state index contributed by atoms with van der Waals surface area (Å²) in [4.78, 5) is 27.4. The Morgan fingerprint density at radius 3 is 2.29 bits per heavy atom. The van der Waals surface area contributed by atoms with Crippen molar-refractivity contribution in [2.75, 3.05) is 13.7 Å². The minimum atomic E-state index is -0.664. The molecule has 0 bridgehead atoms. The fraction of sp³-hybridized carbons (Fsp3) is 0.360. The Hall–Kier alpha value is -2.60. The average molecular weight is 486 g/mol. The second-order valence-corrected chi connectivity index (χ2v) is 9.57. The number of ether oxygens (including phenoxy) is 1. The van der Waals surface area contributed by atoms with E-state index in [1.165, 1.54) is 0 Å². The van der Waals surface area contributed by atoms with Gasteiger partial charge >= 0.3 is 0 Å². The molecule has 164 valence electrons. The molecule has 0 saturated carbocycles. The molecule has 0 radical (unpaired) electrons. The summed E-state index contributed by atoms with van der Waals surface area (Å²) < 4.78 is 5.89. The van der Waals surface area contributed by atoms with Crippen molar-refractivity contribution >= 4 is 33.4 Å². The summed E-state index contributed by atoms with van der Waals surface area (Å²) in [5.41, 5.74) is 2.49. The van der Waals surface area contributed by atoms with Gasteiger partial charge in [0.25, 0.3) is 11.7 Å². The van der Waals surface area contributed by atoms with Crippen LogP contribution in [0.15, 0.2) is 52.5 Å². The third-order valence-corrected chi connectivity index (χ3v) is 6.14. The fourth-order valence-corrected chi connectivity index (χ4v) is 4.37. The number of benzene rings is 2. The van der Waals surface area contributed by atoms with Crippen molar-refractivity contribution < 1.29 is 19.4 Å². The first-order valence-corrected chi connectivity index (χ1v) is 11.1. The van der Waals surface area contributed by atoms with Gasteiger partial charge in [0, 0.05) is 12.1 Å². The number of nitrogens with zero attached hydrogens (tertiary/aromatic N) is 1. The normalized spacial score (nSPS) is 18.5. The van der Waals surface area contributed by atoms with Gasteiger partial charge in [-0.05, 0) is 57.1 Å². The van der Waals surface area contributed by atoms with Crippen LogP contribution in [0.3, 0.4) is 0 Å². The van der Waals surface area contributed by atoms with Crippen molar-refractivity contribution in [1.82, 2.24) is 4.90 Å². The van der Waals surface area contributed by atoms with Crippen LogP contribution in [-0.4, -0.2) is 35.4 Å². The SMILES string of the molecule is CCCN1C(=O)C(=O)/C(=C(\O)c2ccc(OC)c(Br)c2)C1c1ccc(C(C)(C)C)cc1. The molecular weight excluding hydrogens is 458 g/mol. The lowest BCUT2D eigenvalue weighted by molar-refractivity contribution is -0.139. The summed E-state index contributed by atoms with van der Waals surface area (Å²) in [5, 5.41) is 11.1. The second-order valence-electron chi connectivity index (χ2n) is 8.71. The number of ketones is 1. The summed E-state index contributed by atoms with van der Waals surface area (Å²) in [6.07, 6.45) is 0.706. The van der Waals surface area contributed by atoms with Crippen LogP contribution in [0, 0.1) is 0 Å². The van der Waals surface area contributed by atoms with Crippen LogP contribution in [0.2, 0.25) is 0 Å². The van der Waals surface area contributed by atoms with Crippen molar-refractivity contribution in [1.29, 1.82) is 0 Å². The lowest BCUT2D eigenvalue weighted by Gasteiger charge is -2.26. The Kier molecular flexibility index (Phi) is 6.60. The van der Waals surface area contributed by atoms with Crippen molar-refractivity contribution in [2.45, 2.75) is 45.6 Å². The zero-order valence-electron chi connectivity index (χ0n) is 18.5. The monoisotopic (exact) mass is 485 g/mol. The Balaban J connectivity index is 2.16. The Bertz CT molecular complexity index is 1030. The summed E-state index contributed by atoms with van der Waals surface area (Å²) in [7, 11) is 1.55. The number of amides is 1. The van der Waals surface area contributed by atoms with E-state index in [1.807, 2.05) is 31.2 Å². The molecule has 1 unspecified atom stereocenters. The topological polar surface area (TPSA) is 66.8 Å². The van der Waals surface area contributed by atoms with E-state index in [-0.39, 0.29) is 16.7 Å². The Morgan fingerprint density at radius 1 is 1.13 bits per heavy atom. The third kappa shape index (κ3) is 4.40. The van der Waals surface area contributed by atoms with Crippen LogP contribution in [-0.2, 0) is 15.0 Å². The lowest BCUT2D eigenvalue weighted by atomic mass is 9.85. The molecule has 1 fully saturated rings. The maximum absolute atomic E-state index is 13.0. The molecule has 1 amide bonds. The molecule has 3 rings (SSSR count). The summed E-state index contributed by atoms with van der Waals surface area (Å²) in [6.45, 7) is 8.78. The number of aliphatic hydroxyl groups is 1. The van der Waals surface area contributed by atoms with Crippen LogP contribution >= 0.6 is 15.9 Å². The predicted molar refractivity (Wildman–Crippen MR) is 125 cm³/mol. The van der Waals surface area contributed by atoms with Gasteiger partial charge in [0.15, 0.2) is 0 Å². The number of carbonyl (C=O) groups is 2. The number of Topliss-reactive ketones (excluding diaryl/α,β-unsaturated/α-hetero) is 1. The molecule has 2 aromatic carbocycles. The van der Waals surface area contributed by atoms with Crippen LogP contribution in [0.5, 0.6) is 5.75 Å². The smallest absolute Gasteiger partial charge is 0.295 e. The molecule has 5 nitrogen and oxygen atoms in total. The summed E-state index contributed by atoms with van der Waals surface area (Å²) in [6, 6.07) is 12.3. The molecule has 1 N–H and O–H groups in total. The van der Waals surface area contributed by atoms with Crippen molar-refractivity contribution in [2.24, 2.45) is 0 Å². The number of aliphatic hydroxyl groups excluding tert-OH is 1. The zero-order chi connectivity index (χ0) is 22.9. The molecule has 2 aromatic rings. The van der Waals surface area contributed by atoms with E-state index in [2.05, 4.69) is 36.7 Å². The largest absolute Gasteiger partial charge is 0.507 e. The van der Waals surface area contributed by atoms with Gasteiger partial charge in [-0.25, -0.2) is 0 Å². The predicted octanol–water partition coefficient (Wildman–Crippen LogP) is 5.59.